The van der Waals surface area contributed by atoms with Crippen LogP contribution in [-0.4, -0.2) is 6.21 Å². The summed E-state index contributed by atoms with van der Waals surface area (Å²) in [5.74, 6) is 0. The van der Waals surface area contributed by atoms with Crippen LogP contribution in [0.4, 0.5) is 5.69 Å². The van der Waals surface area contributed by atoms with Crippen molar-refractivity contribution in [2.45, 2.75) is 20.3 Å². The molecule has 28 heavy (non-hydrogen) atoms. The van der Waals surface area contributed by atoms with E-state index < -0.39 is 0 Å². The first-order valence-electron chi connectivity index (χ1n) is 9.60. The van der Waals surface area contributed by atoms with Crippen molar-refractivity contribution in [1.29, 1.82) is 5.41 Å². The minimum absolute atomic E-state index is 0.624. The zero-order chi connectivity index (χ0) is 19.9. The second-order valence-electron chi connectivity index (χ2n) is 6.68. The average Bonchev–Trinajstić information content (AvgIpc) is 2.74. The van der Waals surface area contributed by atoms with Crippen molar-refractivity contribution in [3.05, 3.63) is 107 Å². The molecule has 0 aliphatic heterocycles. The summed E-state index contributed by atoms with van der Waals surface area (Å²) in [5.41, 5.74) is 14.5. The molecule has 0 aliphatic carbocycles. The molecule has 0 atom stereocenters. The van der Waals surface area contributed by atoms with E-state index >= 15 is 0 Å². The van der Waals surface area contributed by atoms with Crippen molar-refractivity contribution in [2.75, 3.05) is 5.73 Å². The molecule has 0 bridgehead atoms. The van der Waals surface area contributed by atoms with Crippen molar-refractivity contribution in [1.82, 2.24) is 0 Å². The topological polar surface area (TPSA) is 49.9 Å². The number of hydrogen-bond donors (Lipinski definition) is 2. The van der Waals surface area contributed by atoms with Crippen LogP contribution in [0.15, 0.2) is 78.9 Å². The fraction of sp³-hybridized carbons (Fsp3) is 0.115. The van der Waals surface area contributed by atoms with Gasteiger partial charge in [-0.15, -0.1) is 0 Å². The Labute approximate surface area is 167 Å². The quantitative estimate of drug-likeness (QED) is 0.286. The number of hydrogen-bond acceptors (Lipinski definition) is 2. The summed E-state index contributed by atoms with van der Waals surface area (Å²) in [7, 11) is 0. The van der Waals surface area contributed by atoms with Crippen LogP contribution in [0.3, 0.4) is 0 Å². The first-order chi connectivity index (χ1) is 13.7. The molecule has 3 rings (SSSR count). The maximum atomic E-state index is 7.69. The maximum absolute atomic E-state index is 7.69. The van der Waals surface area contributed by atoms with Crippen molar-refractivity contribution in [3.63, 3.8) is 0 Å². The van der Waals surface area contributed by atoms with Gasteiger partial charge in [-0.05, 0) is 58.9 Å². The summed E-state index contributed by atoms with van der Waals surface area (Å²) in [6.07, 6.45) is 6.37. The molecule has 0 saturated heterocycles. The number of benzene rings is 3. The van der Waals surface area contributed by atoms with Crippen LogP contribution in [0.1, 0.15) is 48.1 Å². The third-order valence-corrected chi connectivity index (χ3v) is 4.87. The third-order valence-electron chi connectivity index (χ3n) is 4.87. The van der Waals surface area contributed by atoms with Gasteiger partial charge in [0, 0.05) is 17.5 Å². The maximum Gasteiger partial charge on any atom is 0.0403 e. The molecule has 0 spiro atoms. The fourth-order valence-electron chi connectivity index (χ4n) is 3.49. The normalized spacial score (nSPS) is 12.1. The zero-order valence-electron chi connectivity index (χ0n) is 16.4. The molecule has 0 heterocycles. The van der Waals surface area contributed by atoms with Gasteiger partial charge in [0.25, 0.3) is 0 Å². The molecule has 140 valence electrons. The Bertz CT molecular complexity index is 1010. The minimum atomic E-state index is 0.624. The van der Waals surface area contributed by atoms with E-state index in [4.69, 9.17) is 11.1 Å². The Morgan fingerprint density at radius 1 is 0.893 bits per heavy atom. The van der Waals surface area contributed by atoms with E-state index in [1.54, 1.807) is 0 Å². The zero-order valence-corrected chi connectivity index (χ0v) is 16.4. The van der Waals surface area contributed by atoms with Gasteiger partial charge >= 0.3 is 0 Å². The van der Waals surface area contributed by atoms with Gasteiger partial charge in [-0.2, -0.15) is 0 Å². The van der Waals surface area contributed by atoms with Crippen molar-refractivity contribution in [2.24, 2.45) is 0 Å². The second kappa shape index (κ2) is 9.01. The molecule has 0 saturated carbocycles. The van der Waals surface area contributed by atoms with Crippen LogP contribution < -0.4 is 5.73 Å². The molecule has 2 heteroatoms. The summed E-state index contributed by atoms with van der Waals surface area (Å²) < 4.78 is 0. The van der Waals surface area contributed by atoms with Crippen molar-refractivity contribution >= 4 is 29.1 Å². The van der Waals surface area contributed by atoms with E-state index in [1.165, 1.54) is 28.5 Å². The number of anilines is 1. The van der Waals surface area contributed by atoms with E-state index in [-0.39, 0.29) is 0 Å². The number of rotatable bonds is 6. The first-order valence-corrected chi connectivity index (χ1v) is 9.60. The SMILES string of the molecule is C/C=C/c1ccc(/C(=C(/CC)c2ccccc2)c2ccc(N)c(C=N)c2)cc1. The monoisotopic (exact) mass is 366 g/mol. The van der Waals surface area contributed by atoms with Gasteiger partial charge in [0.15, 0.2) is 0 Å². The molecule has 3 aromatic rings. The molecule has 0 fully saturated rings. The van der Waals surface area contributed by atoms with E-state index in [2.05, 4.69) is 67.6 Å². The molecule has 0 unspecified atom stereocenters. The molecular weight excluding hydrogens is 340 g/mol. The van der Waals surface area contributed by atoms with Crippen LogP contribution in [0.25, 0.3) is 17.2 Å². The van der Waals surface area contributed by atoms with Gasteiger partial charge < -0.3 is 11.1 Å². The molecule has 0 amide bonds. The third kappa shape index (κ3) is 4.12. The van der Waals surface area contributed by atoms with Gasteiger partial charge in [0.1, 0.15) is 0 Å². The van der Waals surface area contributed by atoms with Crippen LogP contribution in [0.5, 0.6) is 0 Å². The average molecular weight is 367 g/mol. The molecule has 2 nitrogen and oxygen atoms in total. The first kappa shape index (κ1) is 19.4. The smallest absolute Gasteiger partial charge is 0.0403 e. The summed E-state index contributed by atoms with van der Waals surface area (Å²) >= 11 is 0. The van der Waals surface area contributed by atoms with Gasteiger partial charge in [0.2, 0.25) is 0 Å². The Morgan fingerprint density at radius 2 is 1.57 bits per heavy atom. The number of allylic oxidation sites excluding steroid dienone is 2. The van der Waals surface area contributed by atoms with Crippen LogP contribution >= 0.6 is 0 Å². The lowest BCUT2D eigenvalue weighted by Crippen LogP contribution is -1.99. The van der Waals surface area contributed by atoms with Crippen molar-refractivity contribution < 1.29 is 0 Å². The van der Waals surface area contributed by atoms with Gasteiger partial charge in [-0.1, -0.05) is 79.7 Å². The fourth-order valence-corrected chi connectivity index (χ4v) is 3.49. The van der Waals surface area contributed by atoms with Crippen LogP contribution in [0, 0.1) is 5.41 Å². The summed E-state index contributed by atoms with van der Waals surface area (Å²) in [5, 5.41) is 7.69. The molecule has 0 radical (unpaired) electrons. The molecule has 0 aliphatic rings. The highest BCUT2D eigenvalue weighted by Crippen LogP contribution is 2.35. The Kier molecular flexibility index (Phi) is 6.23. The number of nitrogens with two attached hydrogens (primary N) is 1. The highest BCUT2D eigenvalue weighted by Gasteiger charge is 2.14. The predicted octanol–water partition coefficient (Wildman–Crippen LogP) is 6.67. The largest absolute Gasteiger partial charge is 0.398 e. The van der Waals surface area contributed by atoms with E-state index in [9.17, 15) is 0 Å². The Balaban J connectivity index is 2.27. The lowest BCUT2D eigenvalue weighted by molar-refractivity contribution is 1.24. The molecule has 3 aromatic carbocycles. The van der Waals surface area contributed by atoms with E-state index in [0.717, 1.165) is 23.1 Å². The summed E-state index contributed by atoms with van der Waals surface area (Å²) in [6.45, 7) is 4.21. The van der Waals surface area contributed by atoms with Gasteiger partial charge in [-0.3, -0.25) is 0 Å². The number of nitrogen functional groups attached to an aromatic ring is 1. The van der Waals surface area contributed by atoms with Crippen LogP contribution in [-0.2, 0) is 0 Å². The van der Waals surface area contributed by atoms with Crippen molar-refractivity contribution in [3.8, 4) is 0 Å². The molecular formula is C26H26N2. The van der Waals surface area contributed by atoms with E-state index in [0.29, 0.717) is 5.69 Å². The standard InChI is InChI=1S/C26H26N2/c1-3-8-19-11-13-21(14-12-19)26(22-15-16-25(28)23(17-22)18-27)24(4-2)20-9-6-5-7-10-20/h3,5-18,27H,4,28H2,1-2H3/b8-3+,26-24+,27-18?. The predicted molar refractivity (Wildman–Crippen MR) is 123 cm³/mol. The van der Waals surface area contributed by atoms with Crippen LogP contribution in [0.2, 0.25) is 0 Å². The highest BCUT2D eigenvalue weighted by molar-refractivity contribution is 6.00. The van der Waals surface area contributed by atoms with E-state index in [1.807, 2.05) is 31.2 Å². The highest BCUT2D eigenvalue weighted by atomic mass is 14.6. The minimum Gasteiger partial charge on any atom is -0.398 e. The lowest BCUT2D eigenvalue weighted by atomic mass is 9.87. The number of nitrogens with one attached hydrogen (secondary N) is 1. The Morgan fingerprint density at radius 3 is 2.18 bits per heavy atom. The summed E-state index contributed by atoms with van der Waals surface area (Å²) in [4.78, 5) is 0. The molecule has 0 aromatic heterocycles. The second-order valence-corrected chi connectivity index (χ2v) is 6.68. The summed E-state index contributed by atoms with van der Waals surface area (Å²) in [6, 6.07) is 25.1. The lowest BCUT2D eigenvalue weighted by Gasteiger charge is -2.17. The van der Waals surface area contributed by atoms with Gasteiger partial charge in [-0.25, -0.2) is 0 Å². The Hall–Kier alpha value is -3.39. The van der Waals surface area contributed by atoms with Gasteiger partial charge in [0.05, 0.1) is 0 Å². The molecule has 3 N–H and O–H groups in total.